The van der Waals surface area contributed by atoms with Gasteiger partial charge < -0.3 is 10.4 Å². The molecule has 0 radical (unpaired) electrons. The van der Waals surface area contributed by atoms with Crippen molar-refractivity contribution in [3.63, 3.8) is 0 Å². The molecule has 0 saturated heterocycles. The van der Waals surface area contributed by atoms with E-state index < -0.39 is 0 Å². The molecule has 2 aromatic carbocycles. The van der Waals surface area contributed by atoms with Crippen molar-refractivity contribution in [1.82, 2.24) is 5.32 Å². The van der Waals surface area contributed by atoms with Gasteiger partial charge in [-0.05, 0) is 74.4 Å². The number of halogens is 2. The van der Waals surface area contributed by atoms with E-state index in [9.17, 15) is 9.90 Å². The van der Waals surface area contributed by atoms with Gasteiger partial charge in [-0.2, -0.15) is 0 Å². The SMILES string of the molecule is O=C(NCc1cccc(O)c1)c1cc(I)ccc1Br. The molecule has 0 aliphatic carbocycles. The summed E-state index contributed by atoms with van der Waals surface area (Å²) in [5, 5.41) is 12.2. The molecule has 2 aromatic rings. The van der Waals surface area contributed by atoms with E-state index in [1.54, 1.807) is 18.2 Å². The first-order chi connectivity index (χ1) is 9.06. The number of aromatic hydroxyl groups is 1. The van der Waals surface area contributed by atoms with Crippen LogP contribution in [0.25, 0.3) is 0 Å². The summed E-state index contributed by atoms with van der Waals surface area (Å²) in [5.74, 6) is 0.0518. The smallest absolute Gasteiger partial charge is 0.252 e. The first-order valence-electron chi connectivity index (χ1n) is 5.57. The Morgan fingerprint density at radius 1 is 1.26 bits per heavy atom. The van der Waals surface area contributed by atoms with E-state index in [4.69, 9.17) is 0 Å². The molecule has 2 N–H and O–H groups in total. The van der Waals surface area contributed by atoms with Crippen molar-refractivity contribution in [2.75, 3.05) is 0 Å². The van der Waals surface area contributed by atoms with E-state index in [2.05, 4.69) is 43.8 Å². The van der Waals surface area contributed by atoms with Gasteiger partial charge in [0.1, 0.15) is 5.75 Å². The third-order valence-electron chi connectivity index (χ3n) is 2.54. The van der Waals surface area contributed by atoms with Gasteiger partial charge in [0, 0.05) is 14.6 Å². The zero-order valence-electron chi connectivity index (χ0n) is 9.86. The third kappa shape index (κ3) is 3.94. The highest BCUT2D eigenvalue weighted by atomic mass is 127. The maximum absolute atomic E-state index is 12.1. The van der Waals surface area contributed by atoms with E-state index in [0.29, 0.717) is 12.1 Å². The van der Waals surface area contributed by atoms with Crippen LogP contribution in [0.1, 0.15) is 15.9 Å². The molecule has 5 heteroatoms. The molecular formula is C14H11BrINO2. The molecule has 0 spiro atoms. The fourth-order valence-corrected chi connectivity index (χ4v) is 2.53. The lowest BCUT2D eigenvalue weighted by Crippen LogP contribution is -2.23. The lowest BCUT2D eigenvalue weighted by Gasteiger charge is -2.08. The van der Waals surface area contributed by atoms with Gasteiger partial charge in [0.15, 0.2) is 0 Å². The minimum atomic E-state index is -0.145. The molecule has 0 aliphatic heterocycles. The van der Waals surface area contributed by atoms with Crippen molar-refractivity contribution in [2.24, 2.45) is 0 Å². The number of phenols is 1. The van der Waals surface area contributed by atoms with Crippen LogP contribution < -0.4 is 5.32 Å². The van der Waals surface area contributed by atoms with Gasteiger partial charge in [0.05, 0.1) is 5.56 Å². The Kier molecular flexibility index (Phi) is 4.81. The summed E-state index contributed by atoms with van der Waals surface area (Å²) in [7, 11) is 0. The van der Waals surface area contributed by atoms with Crippen LogP contribution in [-0.2, 0) is 6.54 Å². The quantitative estimate of drug-likeness (QED) is 0.728. The average molecular weight is 432 g/mol. The molecule has 98 valence electrons. The maximum Gasteiger partial charge on any atom is 0.252 e. The third-order valence-corrected chi connectivity index (χ3v) is 3.90. The van der Waals surface area contributed by atoms with Crippen LogP contribution in [-0.4, -0.2) is 11.0 Å². The molecule has 0 atom stereocenters. The van der Waals surface area contributed by atoms with Crippen LogP contribution in [0.2, 0.25) is 0 Å². The molecule has 0 fully saturated rings. The molecule has 0 aromatic heterocycles. The molecule has 2 rings (SSSR count). The number of hydrogen-bond acceptors (Lipinski definition) is 2. The van der Waals surface area contributed by atoms with Crippen molar-refractivity contribution in [1.29, 1.82) is 0 Å². The fourth-order valence-electron chi connectivity index (χ4n) is 1.62. The van der Waals surface area contributed by atoms with Crippen LogP contribution in [0, 0.1) is 3.57 Å². The molecule has 19 heavy (non-hydrogen) atoms. The number of carbonyl (C=O) groups is 1. The van der Waals surface area contributed by atoms with Crippen LogP contribution in [0.3, 0.4) is 0 Å². The molecule has 0 saturated carbocycles. The van der Waals surface area contributed by atoms with Crippen LogP contribution in [0.4, 0.5) is 0 Å². The van der Waals surface area contributed by atoms with E-state index in [1.165, 1.54) is 0 Å². The van der Waals surface area contributed by atoms with E-state index in [0.717, 1.165) is 13.6 Å². The number of nitrogens with one attached hydrogen (secondary N) is 1. The highest BCUT2D eigenvalue weighted by Crippen LogP contribution is 2.19. The van der Waals surface area contributed by atoms with Crippen LogP contribution in [0.5, 0.6) is 5.75 Å². The van der Waals surface area contributed by atoms with Gasteiger partial charge >= 0.3 is 0 Å². The second-order valence-electron chi connectivity index (χ2n) is 3.98. The van der Waals surface area contributed by atoms with Gasteiger partial charge in [0.25, 0.3) is 5.91 Å². The predicted octanol–water partition coefficient (Wildman–Crippen LogP) is 3.69. The van der Waals surface area contributed by atoms with Crippen molar-refractivity contribution in [3.05, 3.63) is 61.6 Å². The predicted molar refractivity (Wildman–Crippen MR) is 86.1 cm³/mol. The standard InChI is InChI=1S/C14H11BrINO2/c15-13-5-4-10(16)7-12(13)14(19)17-8-9-2-1-3-11(18)6-9/h1-7,18H,8H2,(H,17,19). The number of amides is 1. The summed E-state index contributed by atoms with van der Waals surface area (Å²) in [6.45, 7) is 0.380. The van der Waals surface area contributed by atoms with E-state index in [-0.39, 0.29) is 11.7 Å². The zero-order valence-corrected chi connectivity index (χ0v) is 13.6. The Hall–Kier alpha value is -1.08. The van der Waals surface area contributed by atoms with Crippen molar-refractivity contribution >= 4 is 44.4 Å². The van der Waals surface area contributed by atoms with Crippen molar-refractivity contribution in [2.45, 2.75) is 6.54 Å². The monoisotopic (exact) mass is 431 g/mol. The Morgan fingerprint density at radius 3 is 2.79 bits per heavy atom. The normalized spacial score (nSPS) is 10.2. The molecule has 0 bridgehead atoms. The Balaban J connectivity index is 2.07. The molecule has 1 amide bonds. The molecule has 0 heterocycles. The average Bonchev–Trinajstić information content (AvgIpc) is 2.39. The highest BCUT2D eigenvalue weighted by Gasteiger charge is 2.10. The van der Waals surface area contributed by atoms with Crippen molar-refractivity contribution < 1.29 is 9.90 Å². The molecular weight excluding hydrogens is 421 g/mol. The van der Waals surface area contributed by atoms with Crippen LogP contribution in [0.15, 0.2) is 46.9 Å². The second kappa shape index (κ2) is 6.38. The lowest BCUT2D eigenvalue weighted by molar-refractivity contribution is 0.0950. The number of rotatable bonds is 3. The lowest BCUT2D eigenvalue weighted by atomic mass is 10.2. The molecule has 0 unspecified atom stereocenters. The Labute approximate surface area is 133 Å². The number of carbonyl (C=O) groups excluding carboxylic acids is 1. The minimum Gasteiger partial charge on any atom is -0.508 e. The minimum absolute atomic E-state index is 0.145. The largest absolute Gasteiger partial charge is 0.508 e. The highest BCUT2D eigenvalue weighted by molar-refractivity contribution is 14.1. The van der Waals surface area contributed by atoms with Gasteiger partial charge in [-0.15, -0.1) is 0 Å². The van der Waals surface area contributed by atoms with Gasteiger partial charge in [-0.25, -0.2) is 0 Å². The fraction of sp³-hybridized carbons (Fsp3) is 0.0714. The maximum atomic E-state index is 12.1. The zero-order chi connectivity index (χ0) is 13.8. The Morgan fingerprint density at radius 2 is 2.05 bits per heavy atom. The first-order valence-corrected chi connectivity index (χ1v) is 7.44. The van der Waals surface area contributed by atoms with E-state index in [1.807, 2.05) is 24.3 Å². The van der Waals surface area contributed by atoms with Gasteiger partial charge in [0.2, 0.25) is 0 Å². The number of benzene rings is 2. The molecule has 3 nitrogen and oxygen atoms in total. The van der Waals surface area contributed by atoms with Gasteiger partial charge in [-0.1, -0.05) is 12.1 Å². The number of phenolic OH excluding ortho intramolecular Hbond substituents is 1. The first kappa shape index (κ1) is 14.3. The summed E-state index contributed by atoms with van der Waals surface area (Å²) in [4.78, 5) is 12.1. The summed E-state index contributed by atoms with van der Waals surface area (Å²) in [5.41, 5.74) is 1.46. The summed E-state index contributed by atoms with van der Waals surface area (Å²) in [6.07, 6.45) is 0. The second-order valence-corrected chi connectivity index (χ2v) is 6.08. The van der Waals surface area contributed by atoms with E-state index >= 15 is 0 Å². The topological polar surface area (TPSA) is 49.3 Å². The van der Waals surface area contributed by atoms with Gasteiger partial charge in [-0.3, -0.25) is 4.79 Å². The van der Waals surface area contributed by atoms with Crippen molar-refractivity contribution in [3.8, 4) is 5.75 Å². The van der Waals surface area contributed by atoms with Crippen LogP contribution >= 0.6 is 38.5 Å². The summed E-state index contributed by atoms with van der Waals surface area (Å²) < 4.78 is 1.77. The summed E-state index contributed by atoms with van der Waals surface area (Å²) >= 11 is 5.53. The number of hydrogen-bond donors (Lipinski definition) is 2. The summed E-state index contributed by atoms with van der Waals surface area (Å²) in [6, 6.07) is 12.4. The molecule has 0 aliphatic rings. The Bertz CT molecular complexity index is 616.